The molecule has 0 aliphatic carbocycles. The summed E-state index contributed by atoms with van der Waals surface area (Å²) in [6.45, 7) is 0. The monoisotopic (exact) mass is 600 g/mol. The highest BCUT2D eigenvalue weighted by molar-refractivity contribution is 6.20. The van der Waals surface area contributed by atoms with Gasteiger partial charge >= 0.3 is 0 Å². The van der Waals surface area contributed by atoms with Crippen LogP contribution in [0.5, 0.6) is 0 Å². The fourth-order valence-corrected chi connectivity index (χ4v) is 7.40. The van der Waals surface area contributed by atoms with Gasteiger partial charge in [-0.05, 0) is 76.9 Å². The Morgan fingerprint density at radius 2 is 0.915 bits per heavy atom. The number of hydrogen-bond acceptors (Lipinski definition) is 1. The molecule has 220 valence electrons. The van der Waals surface area contributed by atoms with Crippen molar-refractivity contribution in [1.82, 2.24) is 9.13 Å². The first-order valence-electron chi connectivity index (χ1n) is 16.0. The SMILES string of the molecule is c1ccc(-n2c3cc(-c4cccc(-c5cccc(-n6c7ccccc7c7ccccc76)c5)c4)ccc3c3c4ccccc4oc32)cc1. The molecule has 47 heavy (non-hydrogen) atoms. The summed E-state index contributed by atoms with van der Waals surface area (Å²) in [5.74, 6) is 0. The number of fused-ring (bicyclic) bond motifs is 8. The van der Waals surface area contributed by atoms with Gasteiger partial charge in [-0.15, -0.1) is 0 Å². The number of furan rings is 1. The number of rotatable bonds is 4. The van der Waals surface area contributed by atoms with E-state index in [-0.39, 0.29) is 0 Å². The first-order valence-corrected chi connectivity index (χ1v) is 16.0. The Labute approximate surface area is 271 Å². The van der Waals surface area contributed by atoms with Gasteiger partial charge in [0.05, 0.1) is 21.9 Å². The molecule has 10 rings (SSSR count). The molecular weight excluding hydrogens is 572 g/mol. The van der Waals surface area contributed by atoms with Gasteiger partial charge in [0.15, 0.2) is 0 Å². The minimum Gasteiger partial charge on any atom is -0.439 e. The zero-order valence-electron chi connectivity index (χ0n) is 25.5. The first kappa shape index (κ1) is 26.0. The normalized spacial score (nSPS) is 11.8. The molecule has 3 nitrogen and oxygen atoms in total. The van der Waals surface area contributed by atoms with E-state index in [1.807, 2.05) is 12.1 Å². The van der Waals surface area contributed by atoms with Gasteiger partial charge in [-0.1, -0.05) is 115 Å². The summed E-state index contributed by atoms with van der Waals surface area (Å²) in [4.78, 5) is 0. The molecule has 3 heteroatoms. The van der Waals surface area contributed by atoms with Crippen LogP contribution in [0.15, 0.2) is 174 Å². The van der Waals surface area contributed by atoms with Gasteiger partial charge in [-0.2, -0.15) is 0 Å². The van der Waals surface area contributed by atoms with Crippen molar-refractivity contribution >= 4 is 54.8 Å². The lowest BCUT2D eigenvalue weighted by molar-refractivity contribution is 0.645. The van der Waals surface area contributed by atoms with Gasteiger partial charge < -0.3 is 8.98 Å². The van der Waals surface area contributed by atoms with Gasteiger partial charge in [-0.3, -0.25) is 4.57 Å². The maximum Gasteiger partial charge on any atom is 0.213 e. The molecule has 0 amide bonds. The van der Waals surface area contributed by atoms with Crippen LogP contribution in [0.2, 0.25) is 0 Å². The summed E-state index contributed by atoms with van der Waals surface area (Å²) >= 11 is 0. The van der Waals surface area contributed by atoms with Crippen molar-refractivity contribution in [2.24, 2.45) is 0 Å². The van der Waals surface area contributed by atoms with E-state index in [0.29, 0.717) is 0 Å². The number of nitrogens with zero attached hydrogens (tertiary/aromatic N) is 2. The molecule has 0 spiro atoms. The fourth-order valence-electron chi connectivity index (χ4n) is 7.40. The summed E-state index contributed by atoms with van der Waals surface area (Å²) in [7, 11) is 0. The second kappa shape index (κ2) is 10.1. The van der Waals surface area contributed by atoms with E-state index in [1.54, 1.807) is 0 Å². The van der Waals surface area contributed by atoms with Crippen LogP contribution in [0.1, 0.15) is 0 Å². The average Bonchev–Trinajstić information content (AvgIpc) is 3.78. The Bertz CT molecular complexity index is 2740. The highest BCUT2D eigenvalue weighted by Gasteiger charge is 2.20. The molecule has 0 saturated carbocycles. The lowest BCUT2D eigenvalue weighted by atomic mass is 9.98. The predicted molar refractivity (Wildman–Crippen MR) is 196 cm³/mol. The molecule has 0 atom stereocenters. The molecule has 0 unspecified atom stereocenters. The van der Waals surface area contributed by atoms with Crippen LogP contribution >= 0.6 is 0 Å². The first-order chi connectivity index (χ1) is 23.3. The van der Waals surface area contributed by atoms with E-state index in [0.717, 1.165) is 39.0 Å². The summed E-state index contributed by atoms with van der Waals surface area (Å²) in [6, 6.07) is 60.7. The Kier molecular flexibility index (Phi) is 5.57. The number of benzene rings is 7. The molecule has 7 aromatic carbocycles. The third-order valence-electron chi connectivity index (χ3n) is 9.52. The Morgan fingerprint density at radius 1 is 0.340 bits per heavy atom. The molecule has 0 bridgehead atoms. The average molecular weight is 601 g/mol. The Balaban J connectivity index is 1.12. The molecule has 0 N–H and O–H groups in total. The van der Waals surface area contributed by atoms with E-state index in [1.165, 1.54) is 49.4 Å². The molecular formula is C44H28N2O. The van der Waals surface area contributed by atoms with E-state index in [2.05, 4.69) is 167 Å². The summed E-state index contributed by atoms with van der Waals surface area (Å²) in [5.41, 5.74) is 12.3. The molecule has 0 saturated heterocycles. The van der Waals surface area contributed by atoms with Crippen molar-refractivity contribution in [2.45, 2.75) is 0 Å². The Morgan fingerprint density at radius 3 is 1.66 bits per heavy atom. The molecule has 0 aliphatic rings. The lowest BCUT2D eigenvalue weighted by Crippen LogP contribution is -1.94. The Hall–Kier alpha value is -6.32. The maximum atomic E-state index is 6.50. The largest absolute Gasteiger partial charge is 0.439 e. The van der Waals surface area contributed by atoms with Crippen LogP contribution in [0, 0.1) is 0 Å². The topological polar surface area (TPSA) is 23.0 Å². The van der Waals surface area contributed by atoms with Crippen LogP contribution in [0.4, 0.5) is 0 Å². The zero-order chi connectivity index (χ0) is 30.9. The summed E-state index contributed by atoms with van der Waals surface area (Å²) in [5, 5.41) is 6.02. The van der Waals surface area contributed by atoms with Crippen LogP contribution < -0.4 is 0 Å². The van der Waals surface area contributed by atoms with Crippen molar-refractivity contribution < 1.29 is 4.42 Å². The maximum absolute atomic E-state index is 6.50. The van der Waals surface area contributed by atoms with Gasteiger partial charge in [0.25, 0.3) is 0 Å². The minimum atomic E-state index is 0.875. The van der Waals surface area contributed by atoms with E-state index in [4.69, 9.17) is 4.42 Å². The third-order valence-corrected chi connectivity index (χ3v) is 9.52. The van der Waals surface area contributed by atoms with Gasteiger partial charge in [-0.25, -0.2) is 0 Å². The number of aromatic nitrogens is 2. The van der Waals surface area contributed by atoms with Crippen molar-refractivity contribution in [3.8, 4) is 33.6 Å². The smallest absolute Gasteiger partial charge is 0.213 e. The standard InChI is InChI=1S/C44H28N2O/c1-2-15-33(16-3-1)46-41-28-32(24-25-37(41)43-38-20-6-9-23-42(38)47-44(43)46)30-13-10-12-29(26-30)31-14-11-17-34(27-31)45-39-21-7-4-18-35(39)36-19-5-8-22-40(36)45/h1-28H. The molecule has 3 heterocycles. The molecule has 10 aromatic rings. The van der Waals surface area contributed by atoms with E-state index in [9.17, 15) is 0 Å². The molecule has 3 aromatic heterocycles. The predicted octanol–water partition coefficient (Wildman–Crippen LogP) is 12.0. The summed E-state index contributed by atoms with van der Waals surface area (Å²) in [6.07, 6.45) is 0. The fraction of sp³-hybridized carbons (Fsp3) is 0. The van der Waals surface area contributed by atoms with Crippen LogP contribution in [-0.2, 0) is 0 Å². The van der Waals surface area contributed by atoms with E-state index < -0.39 is 0 Å². The second-order valence-corrected chi connectivity index (χ2v) is 12.2. The van der Waals surface area contributed by atoms with Crippen molar-refractivity contribution in [3.63, 3.8) is 0 Å². The number of hydrogen-bond donors (Lipinski definition) is 0. The van der Waals surface area contributed by atoms with E-state index >= 15 is 0 Å². The van der Waals surface area contributed by atoms with Gasteiger partial charge in [0.2, 0.25) is 5.71 Å². The van der Waals surface area contributed by atoms with Crippen molar-refractivity contribution in [2.75, 3.05) is 0 Å². The highest BCUT2D eigenvalue weighted by Crippen LogP contribution is 2.41. The zero-order valence-corrected chi connectivity index (χ0v) is 25.5. The van der Waals surface area contributed by atoms with Crippen molar-refractivity contribution in [1.29, 1.82) is 0 Å². The van der Waals surface area contributed by atoms with Gasteiger partial charge in [0, 0.05) is 32.9 Å². The molecule has 0 radical (unpaired) electrons. The number of para-hydroxylation sites is 4. The second-order valence-electron chi connectivity index (χ2n) is 12.2. The quantitative estimate of drug-likeness (QED) is 0.197. The third kappa shape index (κ3) is 3.93. The summed E-state index contributed by atoms with van der Waals surface area (Å²) < 4.78 is 11.1. The molecule has 0 fully saturated rings. The van der Waals surface area contributed by atoms with Crippen LogP contribution in [0.25, 0.3) is 88.4 Å². The molecule has 0 aliphatic heterocycles. The van der Waals surface area contributed by atoms with Crippen LogP contribution in [0.3, 0.4) is 0 Å². The highest BCUT2D eigenvalue weighted by atomic mass is 16.3. The van der Waals surface area contributed by atoms with Crippen LogP contribution in [-0.4, -0.2) is 9.13 Å². The van der Waals surface area contributed by atoms with Crippen molar-refractivity contribution in [3.05, 3.63) is 170 Å². The minimum absolute atomic E-state index is 0.875. The lowest BCUT2D eigenvalue weighted by Gasteiger charge is -2.12. The van der Waals surface area contributed by atoms with Gasteiger partial charge in [0.1, 0.15) is 5.58 Å².